The van der Waals surface area contributed by atoms with Crippen LogP contribution in [0.1, 0.15) is 5.69 Å². The smallest absolute Gasteiger partial charge is 0.285 e. The number of pyridine rings is 1. The number of benzene rings is 2. The van der Waals surface area contributed by atoms with Gasteiger partial charge < -0.3 is 4.74 Å². The van der Waals surface area contributed by atoms with Crippen LogP contribution in [0.3, 0.4) is 0 Å². The van der Waals surface area contributed by atoms with Gasteiger partial charge in [-0.15, -0.1) is 10.2 Å². The highest BCUT2D eigenvalue weighted by Gasteiger charge is 2.18. The highest BCUT2D eigenvalue weighted by atomic mass is 19.1. The molecular weight excluding hydrogens is 385 g/mol. The first-order valence-electron chi connectivity index (χ1n) is 9.25. The molecule has 8 heteroatoms. The van der Waals surface area contributed by atoms with E-state index >= 15 is 0 Å². The van der Waals surface area contributed by atoms with Crippen molar-refractivity contribution in [3.63, 3.8) is 0 Å². The maximum Gasteiger partial charge on any atom is 0.285 e. The van der Waals surface area contributed by atoms with Crippen LogP contribution in [0.2, 0.25) is 0 Å². The normalized spacial score (nSPS) is 11.3. The lowest BCUT2D eigenvalue weighted by Crippen LogP contribution is -2.20. The van der Waals surface area contributed by atoms with E-state index < -0.39 is 0 Å². The topological polar surface area (TPSA) is 74.3 Å². The molecule has 0 unspecified atom stereocenters. The Labute approximate surface area is 170 Å². The standard InChI is InChI=1S/C22H16FN5O2/c1-13-19(14-7-9-15(23)10-8-14)21-25-24-20-17(28(21)26-13)11-12-27(22(20)29)16-5-3-4-6-18(16)30-2/h3-12H,1-2H3. The number of aromatic nitrogens is 5. The van der Waals surface area contributed by atoms with Crippen molar-refractivity contribution in [2.45, 2.75) is 6.92 Å². The van der Waals surface area contributed by atoms with Gasteiger partial charge in [-0.05, 0) is 42.8 Å². The number of hydrogen-bond donors (Lipinski definition) is 0. The SMILES string of the molecule is COc1ccccc1-n1ccc2c(nnc3c(-c4ccc(F)cc4)c(C)nn32)c1=O. The van der Waals surface area contributed by atoms with E-state index in [-0.39, 0.29) is 16.9 Å². The Balaban J connectivity index is 1.76. The number of rotatable bonds is 3. The lowest BCUT2D eigenvalue weighted by molar-refractivity contribution is 0.412. The fourth-order valence-electron chi connectivity index (χ4n) is 3.63. The lowest BCUT2D eigenvalue weighted by atomic mass is 10.1. The van der Waals surface area contributed by atoms with E-state index in [1.807, 2.05) is 19.1 Å². The van der Waals surface area contributed by atoms with Gasteiger partial charge in [0.2, 0.25) is 0 Å². The Morgan fingerprint density at radius 1 is 1.00 bits per heavy atom. The van der Waals surface area contributed by atoms with Crippen molar-refractivity contribution in [3.8, 4) is 22.6 Å². The molecule has 0 amide bonds. The number of para-hydroxylation sites is 2. The summed E-state index contributed by atoms with van der Waals surface area (Å²) in [6.45, 7) is 1.84. The maximum absolute atomic E-state index is 13.3. The Kier molecular flexibility index (Phi) is 4.06. The zero-order valence-electron chi connectivity index (χ0n) is 16.2. The number of ether oxygens (including phenoxy) is 1. The van der Waals surface area contributed by atoms with Crippen molar-refractivity contribution in [2.75, 3.05) is 7.11 Å². The predicted octanol–water partition coefficient (Wildman–Crippen LogP) is 3.55. The van der Waals surface area contributed by atoms with Crippen molar-refractivity contribution in [3.05, 3.63) is 82.7 Å². The highest BCUT2D eigenvalue weighted by Crippen LogP contribution is 2.28. The molecule has 3 aromatic heterocycles. The van der Waals surface area contributed by atoms with Gasteiger partial charge in [-0.3, -0.25) is 9.36 Å². The zero-order chi connectivity index (χ0) is 20.8. The summed E-state index contributed by atoms with van der Waals surface area (Å²) < 4.78 is 21.8. The first-order valence-corrected chi connectivity index (χ1v) is 9.25. The van der Waals surface area contributed by atoms with Crippen LogP contribution in [-0.2, 0) is 0 Å². The van der Waals surface area contributed by atoms with Crippen LogP contribution in [0.15, 0.2) is 65.6 Å². The van der Waals surface area contributed by atoms with Crippen LogP contribution in [0.4, 0.5) is 4.39 Å². The summed E-state index contributed by atoms with van der Waals surface area (Å²) in [4.78, 5) is 13.2. The van der Waals surface area contributed by atoms with E-state index in [2.05, 4.69) is 15.3 Å². The molecule has 5 aromatic rings. The van der Waals surface area contributed by atoms with Crippen LogP contribution in [0, 0.1) is 12.7 Å². The van der Waals surface area contributed by atoms with Crippen molar-refractivity contribution < 1.29 is 9.13 Å². The Morgan fingerprint density at radius 3 is 2.53 bits per heavy atom. The number of hydrogen-bond acceptors (Lipinski definition) is 5. The van der Waals surface area contributed by atoms with Gasteiger partial charge >= 0.3 is 0 Å². The first kappa shape index (κ1) is 18.0. The van der Waals surface area contributed by atoms with Gasteiger partial charge in [-0.2, -0.15) is 5.10 Å². The first-order chi connectivity index (χ1) is 14.6. The van der Waals surface area contributed by atoms with Gasteiger partial charge in [-0.1, -0.05) is 24.3 Å². The minimum absolute atomic E-state index is 0.184. The molecule has 7 nitrogen and oxygen atoms in total. The van der Waals surface area contributed by atoms with E-state index in [0.29, 0.717) is 28.3 Å². The molecule has 0 aliphatic rings. The highest BCUT2D eigenvalue weighted by molar-refractivity contribution is 5.84. The van der Waals surface area contributed by atoms with Gasteiger partial charge in [0.05, 0.1) is 24.1 Å². The summed E-state index contributed by atoms with van der Waals surface area (Å²) in [6.07, 6.45) is 1.66. The van der Waals surface area contributed by atoms with E-state index in [1.165, 1.54) is 16.7 Å². The average molecular weight is 401 g/mol. The van der Waals surface area contributed by atoms with Gasteiger partial charge in [-0.25, -0.2) is 8.91 Å². The Morgan fingerprint density at radius 2 is 1.77 bits per heavy atom. The van der Waals surface area contributed by atoms with Crippen molar-refractivity contribution in [1.82, 2.24) is 24.4 Å². The largest absolute Gasteiger partial charge is 0.495 e. The molecule has 0 fully saturated rings. The molecule has 0 radical (unpaired) electrons. The van der Waals surface area contributed by atoms with Gasteiger partial charge in [0.15, 0.2) is 11.2 Å². The molecule has 3 heterocycles. The van der Waals surface area contributed by atoms with E-state index in [1.54, 1.807) is 48.2 Å². The van der Waals surface area contributed by atoms with Gasteiger partial charge in [0.1, 0.15) is 17.1 Å². The van der Waals surface area contributed by atoms with Crippen LogP contribution in [0.5, 0.6) is 5.75 Å². The van der Waals surface area contributed by atoms with Crippen LogP contribution in [0.25, 0.3) is 33.5 Å². The minimum atomic E-state index is -0.331. The second-order valence-corrected chi connectivity index (χ2v) is 6.80. The molecule has 0 aliphatic carbocycles. The summed E-state index contributed by atoms with van der Waals surface area (Å²) in [6, 6.07) is 15.1. The van der Waals surface area contributed by atoms with E-state index in [4.69, 9.17) is 4.74 Å². The molecular formula is C22H16FN5O2. The molecule has 30 heavy (non-hydrogen) atoms. The van der Waals surface area contributed by atoms with Crippen molar-refractivity contribution >= 4 is 16.7 Å². The molecule has 5 rings (SSSR count). The monoisotopic (exact) mass is 401 g/mol. The minimum Gasteiger partial charge on any atom is -0.495 e. The molecule has 0 spiro atoms. The molecule has 0 saturated heterocycles. The lowest BCUT2D eigenvalue weighted by Gasteiger charge is -2.11. The maximum atomic E-state index is 13.3. The van der Waals surface area contributed by atoms with Crippen molar-refractivity contribution in [1.29, 1.82) is 0 Å². The predicted molar refractivity (Wildman–Crippen MR) is 111 cm³/mol. The van der Waals surface area contributed by atoms with Gasteiger partial charge in [0, 0.05) is 6.20 Å². The quantitative estimate of drug-likeness (QED) is 0.462. The third kappa shape index (κ3) is 2.65. The summed E-state index contributed by atoms with van der Waals surface area (Å²) in [5.74, 6) is 0.253. The molecule has 148 valence electrons. The number of methoxy groups -OCH3 is 1. The zero-order valence-corrected chi connectivity index (χ0v) is 16.2. The fourth-order valence-corrected chi connectivity index (χ4v) is 3.63. The number of nitrogens with zero attached hydrogens (tertiary/aromatic N) is 5. The summed E-state index contributed by atoms with van der Waals surface area (Å²) >= 11 is 0. The molecule has 0 atom stereocenters. The van der Waals surface area contributed by atoms with Crippen LogP contribution in [-0.4, -0.2) is 31.5 Å². The molecule has 0 bridgehead atoms. The Bertz CT molecular complexity index is 1470. The number of fused-ring (bicyclic) bond motifs is 3. The van der Waals surface area contributed by atoms with E-state index in [9.17, 15) is 9.18 Å². The summed E-state index contributed by atoms with van der Waals surface area (Å²) in [5.41, 5.74) is 3.73. The third-order valence-corrected chi connectivity index (χ3v) is 5.03. The second-order valence-electron chi connectivity index (χ2n) is 6.80. The van der Waals surface area contributed by atoms with Gasteiger partial charge in [0.25, 0.3) is 5.56 Å². The third-order valence-electron chi connectivity index (χ3n) is 5.03. The molecule has 0 aliphatic heterocycles. The Hall–Kier alpha value is -4.07. The van der Waals surface area contributed by atoms with Crippen molar-refractivity contribution in [2.24, 2.45) is 0 Å². The molecule has 2 aromatic carbocycles. The molecule has 0 saturated carbocycles. The second kappa shape index (κ2) is 6.77. The molecule has 0 N–H and O–H groups in total. The van der Waals surface area contributed by atoms with Crippen LogP contribution < -0.4 is 10.3 Å². The fraction of sp³-hybridized carbons (Fsp3) is 0.0909. The summed E-state index contributed by atoms with van der Waals surface area (Å²) in [5, 5.41) is 13.1. The van der Waals surface area contributed by atoms with Crippen LogP contribution >= 0.6 is 0 Å². The van der Waals surface area contributed by atoms with E-state index in [0.717, 1.165) is 11.1 Å². The number of halogens is 1. The average Bonchev–Trinajstić information content (AvgIpc) is 3.11. The number of aryl methyl sites for hydroxylation is 1. The summed E-state index contributed by atoms with van der Waals surface area (Å²) in [7, 11) is 1.55.